The molecule has 0 radical (unpaired) electrons. The van der Waals surface area contributed by atoms with Crippen LogP contribution in [0.4, 0.5) is 0 Å². The Kier molecular flexibility index (Phi) is 9.42. The summed E-state index contributed by atoms with van der Waals surface area (Å²) < 4.78 is 0. The first-order valence-electron chi connectivity index (χ1n) is 6.91. The third-order valence-corrected chi connectivity index (χ3v) is 3.72. The molecule has 108 valence electrons. The van der Waals surface area contributed by atoms with Crippen molar-refractivity contribution in [2.24, 2.45) is 5.92 Å². The van der Waals surface area contributed by atoms with Crippen LogP contribution in [-0.2, 0) is 4.79 Å². The molecule has 1 aliphatic heterocycles. The van der Waals surface area contributed by atoms with Crippen LogP contribution < -0.4 is 10.6 Å². The molecule has 0 aromatic carbocycles. The van der Waals surface area contributed by atoms with E-state index in [1.807, 2.05) is 0 Å². The molecule has 0 spiro atoms. The average molecular weight is 278 g/mol. The summed E-state index contributed by atoms with van der Waals surface area (Å²) in [5, 5.41) is 6.38. The second-order valence-electron chi connectivity index (χ2n) is 4.84. The van der Waals surface area contributed by atoms with Crippen molar-refractivity contribution in [2.75, 3.05) is 32.7 Å². The maximum absolute atomic E-state index is 11.9. The first kappa shape index (κ1) is 17.7. The average Bonchev–Trinajstić information content (AvgIpc) is 2.38. The third kappa shape index (κ3) is 5.55. The minimum atomic E-state index is 0. The van der Waals surface area contributed by atoms with Crippen molar-refractivity contribution in [2.45, 2.75) is 39.7 Å². The van der Waals surface area contributed by atoms with Gasteiger partial charge in [0.1, 0.15) is 0 Å². The number of likely N-dealkylation sites (N-methyl/N-ethyl adjacent to an activating group) is 1. The molecule has 1 unspecified atom stereocenters. The topological polar surface area (TPSA) is 44.4 Å². The Labute approximate surface area is 117 Å². The lowest BCUT2D eigenvalue weighted by Gasteiger charge is -2.28. The number of halogens is 1. The second kappa shape index (κ2) is 9.59. The van der Waals surface area contributed by atoms with Crippen LogP contribution in [-0.4, -0.2) is 49.6 Å². The Bertz CT molecular complexity index is 228. The summed E-state index contributed by atoms with van der Waals surface area (Å²) >= 11 is 0. The van der Waals surface area contributed by atoms with Crippen molar-refractivity contribution >= 4 is 18.3 Å². The van der Waals surface area contributed by atoms with Gasteiger partial charge in [0.2, 0.25) is 5.91 Å². The predicted molar refractivity (Wildman–Crippen MR) is 78.2 cm³/mol. The van der Waals surface area contributed by atoms with E-state index in [1.165, 1.54) is 0 Å². The molecule has 0 bridgehead atoms. The summed E-state index contributed by atoms with van der Waals surface area (Å²) in [6, 6.07) is 0.427. The first-order valence-corrected chi connectivity index (χ1v) is 6.91. The molecule has 1 heterocycles. The zero-order chi connectivity index (χ0) is 12.7. The number of amides is 1. The molecule has 1 saturated heterocycles. The van der Waals surface area contributed by atoms with Gasteiger partial charge < -0.3 is 10.6 Å². The Morgan fingerprint density at radius 3 is 2.39 bits per heavy atom. The number of hydrogen-bond donors (Lipinski definition) is 2. The Morgan fingerprint density at radius 2 is 1.89 bits per heavy atom. The number of rotatable bonds is 6. The summed E-state index contributed by atoms with van der Waals surface area (Å²) in [4.78, 5) is 14.3. The largest absolute Gasteiger partial charge is 0.354 e. The molecule has 1 atom stereocenters. The number of nitrogens with one attached hydrogen (secondary N) is 2. The van der Waals surface area contributed by atoms with Gasteiger partial charge in [-0.1, -0.05) is 13.8 Å². The standard InChI is InChI=1S/C13H27N3O.ClH/c1-4-16(5-2)11(3)10-15-13(17)12-6-8-14-9-7-12;/h11-12,14H,4-10H2,1-3H3,(H,15,17);1H. The van der Waals surface area contributed by atoms with Gasteiger partial charge in [-0.15, -0.1) is 12.4 Å². The molecular formula is C13H28ClN3O. The maximum Gasteiger partial charge on any atom is 0.223 e. The van der Waals surface area contributed by atoms with Crippen molar-refractivity contribution in [1.82, 2.24) is 15.5 Å². The number of carbonyl (C=O) groups excluding carboxylic acids is 1. The summed E-state index contributed by atoms with van der Waals surface area (Å²) in [6.07, 6.45) is 1.96. The predicted octanol–water partition coefficient (Wildman–Crippen LogP) is 1.25. The van der Waals surface area contributed by atoms with Crippen molar-refractivity contribution in [3.63, 3.8) is 0 Å². The molecular weight excluding hydrogens is 250 g/mol. The van der Waals surface area contributed by atoms with E-state index in [4.69, 9.17) is 0 Å². The fourth-order valence-electron chi connectivity index (χ4n) is 2.45. The van der Waals surface area contributed by atoms with Crippen LogP contribution in [0.3, 0.4) is 0 Å². The normalized spacial score (nSPS) is 18.2. The van der Waals surface area contributed by atoms with Gasteiger partial charge in [0.15, 0.2) is 0 Å². The molecule has 0 aromatic heterocycles. The van der Waals surface area contributed by atoms with E-state index in [2.05, 4.69) is 36.3 Å². The first-order chi connectivity index (χ1) is 8.19. The highest BCUT2D eigenvalue weighted by atomic mass is 35.5. The van der Waals surface area contributed by atoms with Gasteiger partial charge in [-0.05, 0) is 45.9 Å². The summed E-state index contributed by atoms with van der Waals surface area (Å²) in [5.74, 6) is 0.464. The van der Waals surface area contributed by atoms with E-state index in [-0.39, 0.29) is 24.2 Å². The van der Waals surface area contributed by atoms with Crippen LogP contribution in [0.2, 0.25) is 0 Å². The van der Waals surface area contributed by atoms with E-state index in [0.717, 1.165) is 45.6 Å². The lowest BCUT2D eigenvalue weighted by Crippen LogP contribution is -2.45. The molecule has 1 rings (SSSR count). The maximum atomic E-state index is 11.9. The molecule has 4 nitrogen and oxygen atoms in total. The van der Waals surface area contributed by atoms with Gasteiger partial charge >= 0.3 is 0 Å². The quantitative estimate of drug-likeness (QED) is 0.768. The molecule has 1 fully saturated rings. The smallest absolute Gasteiger partial charge is 0.223 e. The van der Waals surface area contributed by atoms with Crippen molar-refractivity contribution in [3.05, 3.63) is 0 Å². The van der Waals surface area contributed by atoms with Gasteiger partial charge in [-0.2, -0.15) is 0 Å². The Balaban J connectivity index is 0.00000289. The summed E-state index contributed by atoms with van der Waals surface area (Å²) in [5.41, 5.74) is 0. The van der Waals surface area contributed by atoms with Gasteiger partial charge in [-0.3, -0.25) is 9.69 Å². The van der Waals surface area contributed by atoms with Gasteiger partial charge in [0, 0.05) is 18.5 Å². The fourth-order valence-corrected chi connectivity index (χ4v) is 2.45. The second-order valence-corrected chi connectivity index (χ2v) is 4.84. The van der Waals surface area contributed by atoms with Gasteiger partial charge in [-0.25, -0.2) is 0 Å². The lowest BCUT2D eigenvalue weighted by atomic mass is 9.97. The molecule has 18 heavy (non-hydrogen) atoms. The molecule has 0 saturated carbocycles. The number of carbonyl (C=O) groups is 1. The van der Waals surface area contributed by atoms with Crippen LogP contribution >= 0.6 is 12.4 Å². The highest BCUT2D eigenvalue weighted by molar-refractivity contribution is 5.85. The summed E-state index contributed by atoms with van der Waals surface area (Å²) in [7, 11) is 0. The minimum Gasteiger partial charge on any atom is -0.354 e. The molecule has 5 heteroatoms. The Morgan fingerprint density at radius 1 is 1.33 bits per heavy atom. The van der Waals surface area contributed by atoms with Gasteiger partial charge in [0.25, 0.3) is 0 Å². The SMILES string of the molecule is CCN(CC)C(C)CNC(=O)C1CCNCC1.Cl. The third-order valence-electron chi connectivity index (χ3n) is 3.72. The van der Waals surface area contributed by atoms with Crippen LogP contribution in [0.1, 0.15) is 33.6 Å². The fraction of sp³-hybridized carbons (Fsp3) is 0.923. The van der Waals surface area contributed by atoms with Crippen molar-refractivity contribution < 1.29 is 4.79 Å². The van der Waals surface area contributed by atoms with E-state index in [1.54, 1.807) is 0 Å². The van der Waals surface area contributed by atoms with Crippen LogP contribution in [0, 0.1) is 5.92 Å². The van der Waals surface area contributed by atoms with Crippen LogP contribution in [0.25, 0.3) is 0 Å². The van der Waals surface area contributed by atoms with Crippen LogP contribution in [0.15, 0.2) is 0 Å². The highest BCUT2D eigenvalue weighted by Crippen LogP contribution is 2.11. The lowest BCUT2D eigenvalue weighted by molar-refractivity contribution is -0.125. The van der Waals surface area contributed by atoms with E-state index in [9.17, 15) is 4.79 Å². The van der Waals surface area contributed by atoms with E-state index in [0.29, 0.717) is 6.04 Å². The van der Waals surface area contributed by atoms with Crippen LogP contribution in [0.5, 0.6) is 0 Å². The number of hydrogen-bond acceptors (Lipinski definition) is 3. The summed E-state index contributed by atoms with van der Waals surface area (Å²) in [6.45, 7) is 11.3. The van der Waals surface area contributed by atoms with E-state index < -0.39 is 0 Å². The molecule has 2 N–H and O–H groups in total. The molecule has 0 aliphatic carbocycles. The molecule has 1 aliphatic rings. The number of nitrogens with zero attached hydrogens (tertiary/aromatic N) is 1. The molecule has 0 aromatic rings. The zero-order valence-corrected chi connectivity index (χ0v) is 12.7. The number of piperidine rings is 1. The molecule has 1 amide bonds. The van der Waals surface area contributed by atoms with Gasteiger partial charge in [0.05, 0.1) is 0 Å². The highest BCUT2D eigenvalue weighted by Gasteiger charge is 2.21. The van der Waals surface area contributed by atoms with E-state index >= 15 is 0 Å². The minimum absolute atomic E-state index is 0. The zero-order valence-electron chi connectivity index (χ0n) is 11.9. The monoisotopic (exact) mass is 277 g/mol. The Hall–Kier alpha value is -0.320. The van der Waals surface area contributed by atoms with Crippen molar-refractivity contribution in [3.8, 4) is 0 Å². The van der Waals surface area contributed by atoms with Crippen molar-refractivity contribution in [1.29, 1.82) is 0 Å².